The van der Waals surface area contributed by atoms with E-state index in [-0.39, 0.29) is 0 Å². The van der Waals surface area contributed by atoms with Crippen LogP contribution in [-0.4, -0.2) is 35.0 Å². The highest BCUT2D eigenvalue weighted by Gasteiger charge is 2.12. The Balaban J connectivity index is 2.67. The quantitative estimate of drug-likeness (QED) is 0.512. The van der Waals surface area contributed by atoms with E-state index in [9.17, 15) is 4.79 Å². The van der Waals surface area contributed by atoms with Crippen LogP contribution in [0.15, 0.2) is 0 Å². The minimum absolute atomic E-state index is 0.475. The van der Waals surface area contributed by atoms with E-state index in [0.717, 1.165) is 37.8 Å². The molecule has 0 fully saturated rings. The summed E-state index contributed by atoms with van der Waals surface area (Å²) in [5, 5.41) is 7.91. The third-order valence-corrected chi connectivity index (χ3v) is 2.66. The van der Waals surface area contributed by atoms with Crippen LogP contribution in [0.25, 0.3) is 0 Å². The molecule has 0 aliphatic carbocycles. The van der Waals surface area contributed by atoms with Crippen molar-refractivity contribution in [3.8, 4) is 0 Å². The van der Waals surface area contributed by atoms with E-state index in [1.165, 1.54) is 0 Å². The first-order chi connectivity index (χ1) is 8.19. The van der Waals surface area contributed by atoms with Crippen LogP contribution in [0.3, 0.4) is 0 Å². The Hall–Kier alpha value is -1.23. The predicted molar refractivity (Wildman–Crippen MR) is 65.1 cm³/mol. The predicted octanol–water partition coefficient (Wildman–Crippen LogP) is 1.72. The molecule has 17 heavy (non-hydrogen) atoms. The summed E-state index contributed by atoms with van der Waals surface area (Å²) in [6, 6.07) is 0. The summed E-state index contributed by atoms with van der Waals surface area (Å²) in [6.45, 7) is 5.78. The Kier molecular flexibility index (Phi) is 5.83. The van der Waals surface area contributed by atoms with Gasteiger partial charge in [0, 0.05) is 20.3 Å². The maximum absolute atomic E-state index is 10.9. The second-order valence-electron chi connectivity index (χ2n) is 4.54. The van der Waals surface area contributed by atoms with Crippen LogP contribution in [0.1, 0.15) is 42.9 Å². The lowest BCUT2D eigenvalue weighted by Gasteiger charge is -2.08. The van der Waals surface area contributed by atoms with Crippen LogP contribution in [0.5, 0.6) is 0 Å². The third kappa shape index (κ3) is 4.26. The topological polar surface area (TPSA) is 57.0 Å². The van der Waals surface area contributed by atoms with Crippen molar-refractivity contribution in [1.82, 2.24) is 15.0 Å². The van der Waals surface area contributed by atoms with E-state index < -0.39 is 0 Å². The van der Waals surface area contributed by atoms with Gasteiger partial charge in [-0.25, -0.2) is 4.68 Å². The summed E-state index contributed by atoms with van der Waals surface area (Å²) >= 11 is 0. The van der Waals surface area contributed by atoms with Crippen molar-refractivity contribution in [1.29, 1.82) is 0 Å². The highest BCUT2D eigenvalue weighted by Crippen LogP contribution is 2.11. The summed E-state index contributed by atoms with van der Waals surface area (Å²) in [6.07, 6.45) is 3.56. The molecule has 96 valence electrons. The molecule has 1 aromatic heterocycles. The number of hydrogen-bond acceptors (Lipinski definition) is 4. The molecule has 5 nitrogen and oxygen atoms in total. The number of aldehydes is 1. The summed E-state index contributed by atoms with van der Waals surface area (Å²) in [5.41, 5.74) is 1.42. The number of carbonyl (C=O) groups excluding carboxylic acids is 1. The minimum atomic E-state index is 0.475. The van der Waals surface area contributed by atoms with Crippen molar-refractivity contribution in [2.75, 3.05) is 13.7 Å². The first-order valence-electron chi connectivity index (χ1n) is 6.05. The van der Waals surface area contributed by atoms with Gasteiger partial charge in [0.25, 0.3) is 0 Å². The Morgan fingerprint density at radius 3 is 2.82 bits per heavy atom. The second kappa shape index (κ2) is 7.17. The highest BCUT2D eigenvalue weighted by atomic mass is 16.5. The molecular formula is C12H21N3O2. The number of aryl methyl sites for hydroxylation is 1. The van der Waals surface area contributed by atoms with Gasteiger partial charge in [-0.15, -0.1) is 5.10 Å². The molecule has 1 heterocycles. The van der Waals surface area contributed by atoms with Crippen molar-refractivity contribution >= 4 is 6.29 Å². The Labute approximate surface area is 102 Å². The molecule has 0 N–H and O–H groups in total. The van der Waals surface area contributed by atoms with Crippen molar-refractivity contribution in [3.05, 3.63) is 11.4 Å². The fourth-order valence-electron chi connectivity index (χ4n) is 1.66. The van der Waals surface area contributed by atoms with Crippen molar-refractivity contribution in [2.45, 2.75) is 39.7 Å². The van der Waals surface area contributed by atoms with E-state index in [1.54, 1.807) is 7.11 Å². The Bertz CT molecular complexity index is 348. The average molecular weight is 239 g/mol. The van der Waals surface area contributed by atoms with Crippen molar-refractivity contribution < 1.29 is 9.53 Å². The van der Waals surface area contributed by atoms with E-state index in [1.807, 2.05) is 4.68 Å². The zero-order chi connectivity index (χ0) is 12.7. The molecule has 0 atom stereocenters. The van der Waals surface area contributed by atoms with Gasteiger partial charge in [0.2, 0.25) is 0 Å². The lowest BCUT2D eigenvalue weighted by molar-refractivity contribution is 0.111. The number of ether oxygens (including phenoxy) is 1. The summed E-state index contributed by atoms with van der Waals surface area (Å²) in [5.74, 6) is 0.608. The van der Waals surface area contributed by atoms with Crippen LogP contribution >= 0.6 is 0 Å². The number of methoxy groups -OCH3 is 1. The SMILES string of the molecule is COCCCn1nnc(C=O)c1CCC(C)C. The monoisotopic (exact) mass is 239 g/mol. The standard InChI is InChI=1S/C12H21N3O2/c1-10(2)5-6-12-11(9-16)13-14-15(12)7-4-8-17-3/h9-10H,4-8H2,1-3H3. The molecule has 1 rings (SSSR count). The smallest absolute Gasteiger partial charge is 0.172 e. The Morgan fingerprint density at radius 2 is 2.24 bits per heavy atom. The van der Waals surface area contributed by atoms with Crippen LogP contribution in [0, 0.1) is 5.92 Å². The molecule has 0 aliphatic rings. The molecular weight excluding hydrogens is 218 g/mol. The van der Waals surface area contributed by atoms with Gasteiger partial charge >= 0.3 is 0 Å². The number of nitrogens with zero attached hydrogens (tertiary/aromatic N) is 3. The van der Waals surface area contributed by atoms with Gasteiger partial charge in [-0.2, -0.15) is 0 Å². The van der Waals surface area contributed by atoms with Crippen molar-refractivity contribution in [3.63, 3.8) is 0 Å². The molecule has 0 amide bonds. The lowest BCUT2D eigenvalue weighted by atomic mass is 10.1. The van der Waals surface area contributed by atoms with Crippen LogP contribution in [0.4, 0.5) is 0 Å². The molecule has 5 heteroatoms. The van der Waals surface area contributed by atoms with Crippen molar-refractivity contribution in [2.24, 2.45) is 5.92 Å². The van der Waals surface area contributed by atoms with Crippen LogP contribution in [-0.2, 0) is 17.7 Å². The van der Waals surface area contributed by atoms with E-state index in [4.69, 9.17) is 4.74 Å². The number of carbonyl (C=O) groups is 1. The Morgan fingerprint density at radius 1 is 1.47 bits per heavy atom. The zero-order valence-electron chi connectivity index (χ0n) is 10.8. The van der Waals surface area contributed by atoms with E-state index in [0.29, 0.717) is 18.2 Å². The molecule has 0 bridgehead atoms. The third-order valence-electron chi connectivity index (χ3n) is 2.66. The lowest BCUT2D eigenvalue weighted by Crippen LogP contribution is -2.09. The molecule has 0 spiro atoms. The highest BCUT2D eigenvalue weighted by molar-refractivity contribution is 5.73. The minimum Gasteiger partial charge on any atom is -0.385 e. The molecule has 0 saturated heterocycles. The average Bonchev–Trinajstić information content (AvgIpc) is 2.69. The zero-order valence-corrected chi connectivity index (χ0v) is 10.8. The van der Waals surface area contributed by atoms with Crippen LogP contribution < -0.4 is 0 Å². The maximum atomic E-state index is 10.9. The van der Waals surface area contributed by atoms with Gasteiger partial charge in [-0.05, 0) is 25.2 Å². The van der Waals surface area contributed by atoms with E-state index >= 15 is 0 Å². The number of aromatic nitrogens is 3. The number of hydrogen-bond donors (Lipinski definition) is 0. The maximum Gasteiger partial charge on any atom is 0.172 e. The first-order valence-corrected chi connectivity index (χ1v) is 6.05. The van der Waals surface area contributed by atoms with Gasteiger partial charge in [-0.3, -0.25) is 4.79 Å². The van der Waals surface area contributed by atoms with Gasteiger partial charge in [0.15, 0.2) is 6.29 Å². The van der Waals surface area contributed by atoms with Gasteiger partial charge < -0.3 is 4.74 Å². The molecule has 0 aliphatic heterocycles. The summed E-state index contributed by atoms with van der Waals surface area (Å²) < 4.78 is 6.83. The van der Waals surface area contributed by atoms with Gasteiger partial charge in [0.05, 0.1) is 5.69 Å². The normalized spacial score (nSPS) is 11.1. The summed E-state index contributed by atoms with van der Waals surface area (Å²) in [7, 11) is 1.68. The van der Waals surface area contributed by atoms with Crippen LogP contribution in [0.2, 0.25) is 0 Å². The molecule has 0 unspecified atom stereocenters. The van der Waals surface area contributed by atoms with Gasteiger partial charge in [-0.1, -0.05) is 19.1 Å². The fraction of sp³-hybridized carbons (Fsp3) is 0.750. The fourth-order valence-corrected chi connectivity index (χ4v) is 1.66. The molecule has 0 aromatic carbocycles. The molecule has 0 radical (unpaired) electrons. The molecule has 1 aromatic rings. The van der Waals surface area contributed by atoms with E-state index in [2.05, 4.69) is 24.2 Å². The largest absolute Gasteiger partial charge is 0.385 e. The molecule has 0 saturated carbocycles. The first kappa shape index (κ1) is 13.8. The number of rotatable bonds is 8. The summed E-state index contributed by atoms with van der Waals surface area (Å²) in [4.78, 5) is 10.9. The second-order valence-corrected chi connectivity index (χ2v) is 4.54. The van der Waals surface area contributed by atoms with Gasteiger partial charge in [0.1, 0.15) is 5.69 Å².